The molecule has 2 fully saturated rings. The molecule has 2 aliphatic heterocycles. The zero-order valence-corrected chi connectivity index (χ0v) is 19.5. The molecule has 0 aromatic heterocycles. The molecule has 1 N–H and O–H groups in total. The molecule has 33 heavy (non-hydrogen) atoms. The topological polar surface area (TPSA) is 69.7 Å². The lowest BCUT2D eigenvalue weighted by Crippen LogP contribution is -2.55. The third kappa shape index (κ3) is 5.56. The number of nitrogens with zero attached hydrogens (tertiary/aromatic N) is 2. The SMILES string of the molecule is O=C(N[C@@H](C(=O)N1CCCCC1)C1CCN(C(=O)c2ccccc2)CC1)c1ccccc1Cl. The van der Waals surface area contributed by atoms with Crippen LogP contribution in [0.2, 0.25) is 5.02 Å². The maximum atomic E-state index is 13.5. The number of rotatable bonds is 5. The Balaban J connectivity index is 1.47. The van der Waals surface area contributed by atoms with Gasteiger partial charge in [-0.3, -0.25) is 14.4 Å². The minimum absolute atomic E-state index is 0.00746. The van der Waals surface area contributed by atoms with Gasteiger partial charge in [0, 0.05) is 31.7 Å². The maximum Gasteiger partial charge on any atom is 0.253 e. The van der Waals surface area contributed by atoms with Crippen molar-refractivity contribution in [2.24, 2.45) is 5.92 Å². The molecule has 2 heterocycles. The van der Waals surface area contributed by atoms with E-state index >= 15 is 0 Å². The molecule has 2 aliphatic rings. The monoisotopic (exact) mass is 467 g/mol. The van der Waals surface area contributed by atoms with E-state index < -0.39 is 6.04 Å². The number of hydrogen-bond donors (Lipinski definition) is 1. The predicted octanol–water partition coefficient (Wildman–Crippen LogP) is 4.00. The Morgan fingerprint density at radius 2 is 1.45 bits per heavy atom. The molecule has 0 bridgehead atoms. The van der Waals surface area contributed by atoms with Gasteiger partial charge in [-0.25, -0.2) is 0 Å². The van der Waals surface area contributed by atoms with Crippen molar-refractivity contribution in [3.05, 3.63) is 70.7 Å². The van der Waals surface area contributed by atoms with E-state index in [1.165, 1.54) is 0 Å². The van der Waals surface area contributed by atoms with Crippen molar-refractivity contribution < 1.29 is 14.4 Å². The highest BCUT2D eigenvalue weighted by molar-refractivity contribution is 6.33. The largest absolute Gasteiger partial charge is 0.341 e. The van der Waals surface area contributed by atoms with E-state index in [1.807, 2.05) is 40.1 Å². The Kier molecular flexibility index (Phi) is 7.65. The number of likely N-dealkylation sites (tertiary alicyclic amines) is 2. The fraction of sp³-hybridized carbons (Fsp3) is 0.423. The van der Waals surface area contributed by atoms with Crippen LogP contribution in [0.4, 0.5) is 0 Å². The third-order valence-corrected chi connectivity index (χ3v) is 6.99. The first-order valence-electron chi connectivity index (χ1n) is 11.7. The summed E-state index contributed by atoms with van der Waals surface area (Å²) in [5.41, 5.74) is 1.04. The summed E-state index contributed by atoms with van der Waals surface area (Å²) < 4.78 is 0. The summed E-state index contributed by atoms with van der Waals surface area (Å²) in [5, 5.41) is 3.36. The van der Waals surface area contributed by atoms with Crippen LogP contribution >= 0.6 is 11.6 Å². The first kappa shape index (κ1) is 23.3. The molecule has 3 amide bonds. The van der Waals surface area contributed by atoms with Crippen molar-refractivity contribution in [1.82, 2.24) is 15.1 Å². The van der Waals surface area contributed by atoms with Gasteiger partial charge < -0.3 is 15.1 Å². The summed E-state index contributed by atoms with van der Waals surface area (Å²) in [6.45, 7) is 2.57. The number of nitrogens with one attached hydrogen (secondary N) is 1. The highest BCUT2D eigenvalue weighted by Crippen LogP contribution is 2.25. The van der Waals surface area contributed by atoms with Crippen LogP contribution in [0, 0.1) is 5.92 Å². The molecule has 0 spiro atoms. The lowest BCUT2D eigenvalue weighted by atomic mass is 9.87. The number of halogens is 1. The van der Waals surface area contributed by atoms with Gasteiger partial charge in [0.2, 0.25) is 5.91 Å². The van der Waals surface area contributed by atoms with Crippen LogP contribution in [0.3, 0.4) is 0 Å². The summed E-state index contributed by atoms with van der Waals surface area (Å²) in [5.74, 6) is -0.388. The second-order valence-electron chi connectivity index (χ2n) is 8.81. The standard InChI is InChI=1S/C26H30ClN3O3/c27-22-12-6-5-11-21(22)24(31)28-23(26(33)29-15-7-2-8-16-29)19-13-17-30(18-14-19)25(32)20-9-3-1-4-10-20/h1,3-6,9-12,19,23H,2,7-8,13-18H2,(H,28,31)/t23-/m1/s1. The quantitative estimate of drug-likeness (QED) is 0.722. The number of amides is 3. The number of carbonyl (C=O) groups excluding carboxylic acids is 3. The van der Waals surface area contributed by atoms with E-state index in [0.29, 0.717) is 42.1 Å². The van der Waals surface area contributed by atoms with Crippen LogP contribution < -0.4 is 5.32 Å². The van der Waals surface area contributed by atoms with Crippen LogP contribution in [-0.2, 0) is 4.79 Å². The molecule has 2 saturated heterocycles. The summed E-state index contributed by atoms with van der Waals surface area (Å²) >= 11 is 6.23. The van der Waals surface area contributed by atoms with Crippen LogP contribution in [0.5, 0.6) is 0 Å². The summed E-state index contributed by atoms with van der Waals surface area (Å²) in [6, 6.07) is 15.5. The van der Waals surface area contributed by atoms with Gasteiger partial charge in [0.05, 0.1) is 10.6 Å². The van der Waals surface area contributed by atoms with E-state index in [-0.39, 0.29) is 23.6 Å². The number of hydrogen-bond acceptors (Lipinski definition) is 3. The van der Waals surface area contributed by atoms with Crippen molar-refractivity contribution >= 4 is 29.3 Å². The lowest BCUT2D eigenvalue weighted by molar-refractivity contribution is -0.136. The molecule has 0 aliphatic carbocycles. The van der Waals surface area contributed by atoms with Crippen LogP contribution in [0.15, 0.2) is 54.6 Å². The predicted molar refractivity (Wildman–Crippen MR) is 128 cm³/mol. The van der Waals surface area contributed by atoms with Gasteiger partial charge in [0.15, 0.2) is 0 Å². The number of piperidine rings is 2. The molecule has 1 atom stereocenters. The molecule has 0 saturated carbocycles. The van der Waals surface area contributed by atoms with Crippen molar-refractivity contribution in [2.45, 2.75) is 38.1 Å². The highest BCUT2D eigenvalue weighted by atomic mass is 35.5. The van der Waals surface area contributed by atoms with Crippen molar-refractivity contribution in [2.75, 3.05) is 26.2 Å². The van der Waals surface area contributed by atoms with Gasteiger partial charge in [-0.15, -0.1) is 0 Å². The van der Waals surface area contributed by atoms with E-state index in [1.54, 1.807) is 24.3 Å². The Hall–Kier alpha value is -2.86. The Labute approximate surface area is 199 Å². The third-order valence-electron chi connectivity index (χ3n) is 6.66. The molecule has 7 heteroatoms. The van der Waals surface area contributed by atoms with Crippen LogP contribution in [0.1, 0.15) is 52.8 Å². The Morgan fingerprint density at radius 1 is 0.818 bits per heavy atom. The molecule has 174 valence electrons. The average Bonchev–Trinajstić information content (AvgIpc) is 2.88. The van der Waals surface area contributed by atoms with Gasteiger partial charge in [0.1, 0.15) is 6.04 Å². The van der Waals surface area contributed by atoms with E-state index in [4.69, 9.17) is 11.6 Å². The fourth-order valence-electron chi connectivity index (χ4n) is 4.76. The highest BCUT2D eigenvalue weighted by Gasteiger charge is 2.36. The summed E-state index contributed by atoms with van der Waals surface area (Å²) in [7, 11) is 0. The van der Waals surface area contributed by atoms with Gasteiger partial charge in [-0.2, -0.15) is 0 Å². The lowest BCUT2D eigenvalue weighted by Gasteiger charge is -2.38. The molecule has 2 aromatic carbocycles. The Morgan fingerprint density at radius 3 is 2.12 bits per heavy atom. The number of benzene rings is 2. The van der Waals surface area contributed by atoms with Gasteiger partial charge >= 0.3 is 0 Å². The molecular formula is C26H30ClN3O3. The zero-order valence-electron chi connectivity index (χ0n) is 18.7. The average molecular weight is 468 g/mol. The maximum absolute atomic E-state index is 13.5. The normalized spacial score (nSPS) is 18.0. The molecule has 0 unspecified atom stereocenters. The van der Waals surface area contributed by atoms with Gasteiger partial charge in [-0.1, -0.05) is 41.9 Å². The number of carbonyl (C=O) groups is 3. The van der Waals surface area contributed by atoms with E-state index in [0.717, 1.165) is 32.4 Å². The smallest absolute Gasteiger partial charge is 0.253 e. The fourth-order valence-corrected chi connectivity index (χ4v) is 4.98. The first-order valence-corrected chi connectivity index (χ1v) is 12.1. The minimum Gasteiger partial charge on any atom is -0.341 e. The summed E-state index contributed by atoms with van der Waals surface area (Å²) in [4.78, 5) is 43.1. The molecule has 2 aromatic rings. The second-order valence-corrected chi connectivity index (χ2v) is 9.22. The van der Waals surface area contributed by atoms with Crippen molar-refractivity contribution in [1.29, 1.82) is 0 Å². The van der Waals surface area contributed by atoms with Crippen LogP contribution in [-0.4, -0.2) is 59.7 Å². The van der Waals surface area contributed by atoms with Crippen molar-refractivity contribution in [3.8, 4) is 0 Å². The van der Waals surface area contributed by atoms with E-state index in [9.17, 15) is 14.4 Å². The van der Waals surface area contributed by atoms with Crippen molar-refractivity contribution in [3.63, 3.8) is 0 Å². The molecule has 6 nitrogen and oxygen atoms in total. The van der Waals surface area contributed by atoms with Crippen LogP contribution in [0.25, 0.3) is 0 Å². The van der Waals surface area contributed by atoms with Gasteiger partial charge in [-0.05, 0) is 62.3 Å². The first-order chi connectivity index (χ1) is 16.0. The molecular weight excluding hydrogens is 438 g/mol. The summed E-state index contributed by atoms with van der Waals surface area (Å²) in [6.07, 6.45) is 4.42. The molecule has 0 radical (unpaired) electrons. The minimum atomic E-state index is -0.624. The molecule has 4 rings (SSSR count). The van der Waals surface area contributed by atoms with Gasteiger partial charge in [0.25, 0.3) is 11.8 Å². The second kappa shape index (κ2) is 10.8. The Bertz CT molecular complexity index is 983. The zero-order chi connectivity index (χ0) is 23.2. The van der Waals surface area contributed by atoms with E-state index in [2.05, 4.69) is 5.32 Å².